The molecule has 0 aliphatic heterocycles. The summed E-state index contributed by atoms with van der Waals surface area (Å²) in [6, 6.07) is 10.5. The van der Waals surface area contributed by atoms with Crippen LogP contribution in [0.25, 0.3) is 0 Å². The van der Waals surface area contributed by atoms with Crippen molar-refractivity contribution in [3.8, 4) is 0 Å². The molecule has 0 saturated heterocycles. The van der Waals surface area contributed by atoms with Crippen LogP contribution < -0.4 is 16.6 Å². The smallest absolute Gasteiger partial charge is 0.274 e. The number of carbonyl (C=O) groups excluding carboxylic acids is 1. The lowest BCUT2D eigenvalue weighted by Gasteiger charge is -2.06. The molecule has 0 unspecified atom stereocenters. The van der Waals surface area contributed by atoms with Crippen LogP contribution in [0.5, 0.6) is 0 Å². The van der Waals surface area contributed by atoms with Crippen LogP contribution in [0.2, 0.25) is 0 Å². The van der Waals surface area contributed by atoms with Crippen LogP contribution in [0, 0.1) is 0 Å². The molecule has 0 atom stereocenters. The number of amides is 1. The number of nitrogens with one attached hydrogen (secondary N) is 2. The first-order valence-electron chi connectivity index (χ1n) is 5.18. The standard InChI is InChI=1S/C12H11BrN4O/c13-8-1-3-9(4-2-8)16-12(18)11-7-10(17-14)5-6-15-11/h1-7H,14H2,(H,15,17)(H,16,18). The fourth-order valence-electron chi connectivity index (χ4n) is 1.37. The third-order valence-electron chi connectivity index (χ3n) is 2.26. The summed E-state index contributed by atoms with van der Waals surface area (Å²) in [7, 11) is 0. The van der Waals surface area contributed by atoms with Crippen molar-refractivity contribution in [3.05, 3.63) is 52.8 Å². The predicted molar refractivity (Wildman–Crippen MR) is 74.1 cm³/mol. The molecule has 4 N–H and O–H groups in total. The van der Waals surface area contributed by atoms with Crippen LogP contribution >= 0.6 is 15.9 Å². The normalized spacial score (nSPS) is 9.89. The molecular weight excluding hydrogens is 296 g/mol. The Balaban J connectivity index is 2.14. The second kappa shape index (κ2) is 5.61. The molecule has 6 heteroatoms. The molecule has 92 valence electrons. The largest absolute Gasteiger partial charge is 0.324 e. The first kappa shape index (κ1) is 12.5. The van der Waals surface area contributed by atoms with Gasteiger partial charge in [0, 0.05) is 16.4 Å². The van der Waals surface area contributed by atoms with Crippen LogP contribution in [0.1, 0.15) is 10.5 Å². The fraction of sp³-hybridized carbons (Fsp3) is 0. The van der Waals surface area contributed by atoms with Gasteiger partial charge in [-0.3, -0.25) is 15.6 Å². The Morgan fingerprint density at radius 2 is 1.89 bits per heavy atom. The zero-order chi connectivity index (χ0) is 13.0. The Kier molecular flexibility index (Phi) is 3.91. The average Bonchev–Trinajstić information content (AvgIpc) is 2.41. The molecule has 1 aromatic carbocycles. The Bertz CT molecular complexity index is 556. The molecule has 5 nitrogen and oxygen atoms in total. The number of anilines is 2. The predicted octanol–water partition coefficient (Wildman–Crippen LogP) is 2.38. The molecule has 1 amide bonds. The van der Waals surface area contributed by atoms with E-state index in [4.69, 9.17) is 5.84 Å². The van der Waals surface area contributed by atoms with Crippen molar-refractivity contribution in [2.45, 2.75) is 0 Å². The lowest BCUT2D eigenvalue weighted by Crippen LogP contribution is -2.15. The molecule has 0 radical (unpaired) electrons. The maximum atomic E-state index is 11.9. The second-order valence-electron chi connectivity index (χ2n) is 3.54. The quantitative estimate of drug-likeness (QED) is 0.601. The highest BCUT2D eigenvalue weighted by Gasteiger charge is 2.08. The van der Waals surface area contributed by atoms with E-state index in [0.29, 0.717) is 17.1 Å². The summed E-state index contributed by atoms with van der Waals surface area (Å²) >= 11 is 3.33. The Labute approximate surface area is 113 Å². The number of halogens is 1. The third-order valence-corrected chi connectivity index (χ3v) is 2.79. The van der Waals surface area contributed by atoms with Gasteiger partial charge >= 0.3 is 0 Å². The van der Waals surface area contributed by atoms with Gasteiger partial charge in [0.05, 0.1) is 5.69 Å². The van der Waals surface area contributed by atoms with Gasteiger partial charge < -0.3 is 10.7 Å². The molecule has 0 aliphatic carbocycles. The van der Waals surface area contributed by atoms with Gasteiger partial charge in [0.2, 0.25) is 0 Å². The highest BCUT2D eigenvalue weighted by Crippen LogP contribution is 2.15. The maximum Gasteiger partial charge on any atom is 0.274 e. The van der Waals surface area contributed by atoms with Crippen molar-refractivity contribution < 1.29 is 4.79 Å². The minimum atomic E-state index is -0.283. The number of rotatable bonds is 3. The number of hydrazine groups is 1. The van der Waals surface area contributed by atoms with E-state index in [-0.39, 0.29) is 5.91 Å². The number of pyridine rings is 1. The Morgan fingerprint density at radius 1 is 1.17 bits per heavy atom. The molecule has 2 aromatic rings. The average molecular weight is 307 g/mol. The number of benzene rings is 1. The summed E-state index contributed by atoms with van der Waals surface area (Å²) in [4.78, 5) is 15.9. The van der Waals surface area contributed by atoms with E-state index < -0.39 is 0 Å². The summed E-state index contributed by atoms with van der Waals surface area (Å²) < 4.78 is 0.952. The van der Waals surface area contributed by atoms with Crippen molar-refractivity contribution in [2.24, 2.45) is 5.84 Å². The molecule has 0 saturated carbocycles. The Hall–Kier alpha value is -1.92. The molecule has 1 heterocycles. The van der Waals surface area contributed by atoms with Gasteiger partial charge in [-0.2, -0.15) is 0 Å². The molecule has 2 rings (SSSR count). The van der Waals surface area contributed by atoms with E-state index in [1.807, 2.05) is 12.1 Å². The number of hydrogen-bond donors (Lipinski definition) is 3. The van der Waals surface area contributed by atoms with Crippen LogP contribution in [0.3, 0.4) is 0 Å². The lowest BCUT2D eigenvalue weighted by molar-refractivity contribution is 0.102. The zero-order valence-corrected chi connectivity index (χ0v) is 10.9. The van der Waals surface area contributed by atoms with Gasteiger partial charge in [-0.25, -0.2) is 0 Å². The summed E-state index contributed by atoms with van der Waals surface area (Å²) in [5.74, 6) is 4.99. The number of hydrogen-bond acceptors (Lipinski definition) is 4. The molecule has 0 aliphatic rings. The van der Waals surface area contributed by atoms with Crippen LogP contribution in [-0.4, -0.2) is 10.9 Å². The maximum absolute atomic E-state index is 11.9. The molecule has 0 bridgehead atoms. The van der Waals surface area contributed by atoms with Gasteiger partial charge in [-0.15, -0.1) is 0 Å². The van der Waals surface area contributed by atoms with E-state index in [1.54, 1.807) is 24.3 Å². The van der Waals surface area contributed by atoms with Crippen LogP contribution in [0.15, 0.2) is 47.1 Å². The number of aromatic nitrogens is 1. The van der Waals surface area contributed by atoms with Gasteiger partial charge in [0.1, 0.15) is 5.69 Å². The number of nitrogen functional groups attached to an aromatic ring is 1. The van der Waals surface area contributed by atoms with Crippen molar-refractivity contribution in [1.82, 2.24) is 4.98 Å². The first-order chi connectivity index (χ1) is 8.69. The van der Waals surface area contributed by atoms with Gasteiger partial charge in [0.15, 0.2) is 0 Å². The van der Waals surface area contributed by atoms with Gasteiger partial charge in [-0.05, 0) is 36.4 Å². The Morgan fingerprint density at radius 3 is 2.56 bits per heavy atom. The zero-order valence-electron chi connectivity index (χ0n) is 9.35. The van der Waals surface area contributed by atoms with E-state index in [2.05, 4.69) is 31.7 Å². The highest BCUT2D eigenvalue weighted by atomic mass is 79.9. The fourth-order valence-corrected chi connectivity index (χ4v) is 1.64. The highest BCUT2D eigenvalue weighted by molar-refractivity contribution is 9.10. The molecule has 1 aromatic heterocycles. The summed E-state index contributed by atoms with van der Waals surface area (Å²) in [5.41, 5.74) is 4.10. The minimum absolute atomic E-state index is 0.283. The van der Waals surface area contributed by atoms with E-state index >= 15 is 0 Å². The number of nitrogens with two attached hydrogens (primary N) is 1. The minimum Gasteiger partial charge on any atom is -0.324 e. The van der Waals surface area contributed by atoms with E-state index in [9.17, 15) is 4.79 Å². The third kappa shape index (κ3) is 3.06. The molecule has 0 spiro atoms. The van der Waals surface area contributed by atoms with Gasteiger partial charge in [-0.1, -0.05) is 15.9 Å². The summed E-state index contributed by atoms with van der Waals surface area (Å²) in [6.45, 7) is 0. The monoisotopic (exact) mass is 306 g/mol. The molecular formula is C12H11BrN4O. The van der Waals surface area contributed by atoms with Crippen LogP contribution in [0.4, 0.5) is 11.4 Å². The van der Waals surface area contributed by atoms with Crippen molar-refractivity contribution in [3.63, 3.8) is 0 Å². The number of nitrogens with zero attached hydrogens (tertiary/aromatic N) is 1. The van der Waals surface area contributed by atoms with Crippen molar-refractivity contribution in [1.29, 1.82) is 0 Å². The first-order valence-corrected chi connectivity index (χ1v) is 5.98. The number of carbonyl (C=O) groups is 1. The van der Waals surface area contributed by atoms with Gasteiger partial charge in [0.25, 0.3) is 5.91 Å². The summed E-state index contributed by atoms with van der Waals surface area (Å²) in [6.07, 6.45) is 1.52. The topological polar surface area (TPSA) is 80.0 Å². The molecule has 0 fully saturated rings. The van der Waals surface area contributed by atoms with Crippen molar-refractivity contribution >= 4 is 33.2 Å². The molecule has 18 heavy (non-hydrogen) atoms. The summed E-state index contributed by atoms with van der Waals surface area (Å²) in [5, 5.41) is 2.75. The lowest BCUT2D eigenvalue weighted by atomic mass is 10.3. The van der Waals surface area contributed by atoms with Crippen molar-refractivity contribution in [2.75, 3.05) is 10.7 Å². The van der Waals surface area contributed by atoms with Crippen LogP contribution in [-0.2, 0) is 0 Å². The SMILES string of the molecule is NNc1ccnc(C(=O)Nc2ccc(Br)cc2)c1. The van der Waals surface area contributed by atoms with E-state index in [0.717, 1.165) is 4.47 Å². The second-order valence-corrected chi connectivity index (χ2v) is 4.45. The van der Waals surface area contributed by atoms with E-state index in [1.165, 1.54) is 6.20 Å².